The highest BCUT2D eigenvalue weighted by molar-refractivity contribution is 9.09. The quantitative estimate of drug-likeness (QED) is 0.737. The maximum absolute atomic E-state index is 13.1. The molecule has 0 bridgehead atoms. The second kappa shape index (κ2) is 6.36. The number of nitrogens with zero attached hydrogens (tertiary/aromatic N) is 1. The lowest BCUT2D eigenvalue weighted by atomic mass is 9.94. The first-order valence-corrected chi connectivity index (χ1v) is 7.66. The van der Waals surface area contributed by atoms with Gasteiger partial charge in [0.05, 0.1) is 5.02 Å². The molecule has 0 N–H and O–H groups in total. The molecule has 1 nitrogen and oxygen atoms in total. The van der Waals surface area contributed by atoms with Gasteiger partial charge in [-0.15, -0.1) is 0 Å². The molecule has 1 heterocycles. The number of benzene rings is 1. The second-order valence-electron chi connectivity index (χ2n) is 5.04. The molecule has 1 fully saturated rings. The van der Waals surface area contributed by atoms with Crippen LogP contribution in [0.5, 0.6) is 0 Å². The Morgan fingerprint density at radius 2 is 2.11 bits per heavy atom. The zero-order valence-electron chi connectivity index (χ0n) is 10.5. The van der Waals surface area contributed by atoms with E-state index in [1.165, 1.54) is 18.9 Å². The van der Waals surface area contributed by atoms with E-state index < -0.39 is 0 Å². The van der Waals surface area contributed by atoms with Gasteiger partial charge in [0.25, 0.3) is 0 Å². The molecule has 0 spiro atoms. The normalized spacial score (nSPS) is 20.0. The minimum Gasteiger partial charge on any atom is -0.299 e. The molecule has 0 radical (unpaired) electrons. The summed E-state index contributed by atoms with van der Waals surface area (Å²) in [6.07, 6.45) is 2.45. The summed E-state index contributed by atoms with van der Waals surface area (Å²) in [5, 5.41) is 0.219. The number of rotatable bonds is 3. The molecule has 1 aromatic carbocycles. The van der Waals surface area contributed by atoms with Crippen LogP contribution in [-0.4, -0.2) is 22.8 Å². The average Bonchev–Trinajstić information content (AvgIpc) is 2.34. The van der Waals surface area contributed by atoms with Crippen LogP contribution in [0.4, 0.5) is 4.39 Å². The minimum atomic E-state index is -0.341. The van der Waals surface area contributed by atoms with Crippen molar-refractivity contribution in [3.63, 3.8) is 0 Å². The van der Waals surface area contributed by atoms with E-state index in [0.29, 0.717) is 4.83 Å². The molecule has 0 aliphatic carbocycles. The van der Waals surface area contributed by atoms with Gasteiger partial charge >= 0.3 is 0 Å². The highest BCUT2D eigenvalue weighted by Gasteiger charge is 2.22. The Labute approximate surface area is 121 Å². The monoisotopic (exact) mass is 333 g/mol. The third kappa shape index (κ3) is 3.69. The summed E-state index contributed by atoms with van der Waals surface area (Å²) in [4.78, 5) is 3.01. The van der Waals surface area contributed by atoms with Crippen LogP contribution in [0, 0.1) is 11.7 Å². The number of likely N-dealkylation sites (tertiary alicyclic amines) is 1. The van der Waals surface area contributed by atoms with E-state index in [0.717, 1.165) is 31.1 Å². The van der Waals surface area contributed by atoms with Gasteiger partial charge in [0.2, 0.25) is 0 Å². The van der Waals surface area contributed by atoms with Gasteiger partial charge in [-0.2, -0.15) is 0 Å². The van der Waals surface area contributed by atoms with Crippen molar-refractivity contribution >= 4 is 27.5 Å². The van der Waals surface area contributed by atoms with Crippen LogP contribution in [0.1, 0.15) is 25.3 Å². The molecule has 0 saturated carbocycles. The second-order valence-corrected chi connectivity index (χ2v) is 6.89. The largest absolute Gasteiger partial charge is 0.299 e. The Morgan fingerprint density at radius 1 is 1.44 bits per heavy atom. The Hall–Kier alpha value is -0.120. The zero-order valence-corrected chi connectivity index (χ0v) is 12.8. The van der Waals surface area contributed by atoms with Crippen LogP contribution in [0.3, 0.4) is 0 Å². The molecule has 100 valence electrons. The predicted molar refractivity (Wildman–Crippen MR) is 77.8 cm³/mol. The lowest BCUT2D eigenvalue weighted by Gasteiger charge is -2.33. The highest BCUT2D eigenvalue weighted by atomic mass is 79.9. The van der Waals surface area contributed by atoms with Crippen molar-refractivity contribution in [2.45, 2.75) is 31.1 Å². The van der Waals surface area contributed by atoms with Crippen molar-refractivity contribution in [1.82, 2.24) is 4.90 Å². The maximum atomic E-state index is 13.1. The molecule has 1 atom stereocenters. The number of hydrogen-bond donors (Lipinski definition) is 0. The number of halogens is 3. The fourth-order valence-corrected chi connectivity index (χ4v) is 3.20. The molecule has 0 aromatic heterocycles. The van der Waals surface area contributed by atoms with Crippen molar-refractivity contribution in [2.75, 3.05) is 13.1 Å². The smallest absolute Gasteiger partial charge is 0.141 e. The van der Waals surface area contributed by atoms with E-state index in [2.05, 4.69) is 27.8 Å². The summed E-state index contributed by atoms with van der Waals surface area (Å²) in [7, 11) is 0. The summed E-state index contributed by atoms with van der Waals surface area (Å²) in [6.45, 7) is 5.30. The van der Waals surface area contributed by atoms with E-state index in [9.17, 15) is 4.39 Å². The first-order valence-electron chi connectivity index (χ1n) is 6.36. The van der Waals surface area contributed by atoms with Crippen molar-refractivity contribution in [3.05, 3.63) is 34.6 Å². The lowest BCUT2D eigenvalue weighted by Crippen LogP contribution is -2.35. The molecule has 1 aliphatic rings. The first-order chi connectivity index (χ1) is 8.56. The summed E-state index contributed by atoms with van der Waals surface area (Å²) in [5.74, 6) is 0.435. The van der Waals surface area contributed by atoms with E-state index in [1.807, 2.05) is 6.07 Å². The van der Waals surface area contributed by atoms with E-state index in [-0.39, 0.29) is 10.8 Å². The zero-order chi connectivity index (χ0) is 13.1. The van der Waals surface area contributed by atoms with Gasteiger partial charge in [0.1, 0.15) is 5.82 Å². The van der Waals surface area contributed by atoms with Crippen molar-refractivity contribution in [2.24, 2.45) is 5.92 Å². The molecule has 1 aliphatic heterocycles. The third-order valence-corrected chi connectivity index (χ3v) is 4.71. The molecular formula is C14H18BrClFN. The molecule has 4 heteroatoms. The van der Waals surface area contributed by atoms with Gasteiger partial charge < -0.3 is 0 Å². The van der Waals surface area contributed by atoms with E-state index in [4.69, 9.17) is 11.6 Å². The Morgan fingerprint density at radius 3 is 2.67 bits per heavy atom. The van der Waals surface area contributed by atoms with Gasteiger partial charge in [-0.3, -0.25) is 4.90 Å². The number of piperidine rings is 1. The predicted octanol–water partition coefficient (Wildman–Crippen LogP) is 4.47. The van der Waals surface area contributed by atoms with Crippen LogP contribution in [-0.2, 0) is 6.54 Å². The number of alkyl halides is 1. The first kappa shape index (κ1) is 14.3. The van der Waals surface area contributed by atoms with Crippen LogP contribution in [0.2, 0.25) is 5.02 Å². The fraction of sp³-hybridized carbons (Fsp3) is 0.571. The molecule has 1 aromatic rings. The molecule has 18 heavy (non-hydrogen) atoms. The molecular weight excluding hydrogens is 317 g/mol. The highest BCUT2D eigenvalue weighted by Crippen LogP contribution is 2.26. The summed E-state index contributed by atoms with van der Waals surface area (Å²) >= 11 is 9.46. The van der Waals surface area contributed by atoms with Crippen LogP contribution in [0.15, 0.2) is 18.2 Å². The average molecular weight is 335 g/mol. The van der Waals surface area contributed by atoms with Crippen molar-refractivity contribution in [1.29, 1.82) is 0 Å². The Balaban J connectivity index is 1.89. The Bertz CT molecular complexity index is 403. The van der Waals surface area contributed by atoms with Gasteiger partial charge in [0, 0.05) is 11.4 Å². The van der Waals surface area contributed by atoms with E-state index >= 15 is 0 Å². The fourth-order valence-electron chi connectivity index (χ4n) is 2.47. The van der Waals surface area contributed by atoms with Gasteiger partial charge in [-0.05, 0) is 49.5 Å². The SMILES string of the molecule is CC(Br)C1CCN(Cc2ccc(F)c(Cl)c2)CC1. The van der Waals surface area contributed by atoms with Gasteiger partial charge in [-0.25, -0.2) is 4.39 Å². The van der Waals surface area contributed by atoms with Crippen LogP contribution >= 0.6 is 27.5 Å². The standard InChI is InChI=1S/C14H18BrClFN/c1-10(15)12-4-6-18(7-5-12)9-11-2-3-14(17)13(16)8-11/h2-3,8,10,12H,4-7,9H2,1H3. The summed E-state index contributed by atoms with van der Waals surface area (Å²) in [6, 6.07) is 5.00. The summed E-state index contributed by atoms with van der Waals surface area (Å²) < 4.78 is 13.1. The lowest BCUT2D eigenvalue weighted by molar-refractivity contribution is 0.178. The topological polar surface area (TPSA) is 3.24 Å². The summed E-state index contributed by atoms with van der Waals surface area (Å²) in [5.41, 5.74) is 1.09. The van der Waals surface area contributed by atoms with Crippen LogP contribution in [0.25, 0.3) is 0 Å². The van der Waals surface area contributed by atoms with E-state index in [1.54, 1.807) is 6.07 Å². The van der Waals surface area contributed by atoms with Crippen LogP contribution < -0.4 is 0 Å². The minimum absolute atomic E-state index is 0.219. The van der Waals surface area contributed by atoms with Crippen molar-refractivity contribution < 1.29 is 4.39 Å². The molecule has 0 amide bonds. The van der Waals surface area contributed by atoms with Gasteiger partial charge in [-0.1, -0.05) is 40.5 Å². The van der Waals surface area contributed by atoms with Crippen molar-refractivity contribution in [3.8, 4) is 0 Å². The molecule has 1 saturated heterocycles. The Kier molecular flexibility index (Phi) is 5.05. The maximum Gasteiger partial charge on any atom is 0.141 e. The third-order valence-electron chi connectivity index (χ3n) is 3.67. The molecule has 1 unspecified atom stereocenters. The molecule has 2 rings (SSSR count). The number of hydrogen-bond acceptors (Lipinski definition) is 1. The van der Waals surface area contributed by atoms with Gasteiger partial charge in [0.15, 0.2) is 0 Å².